The maximum absolute atomic E-state index is 13.0. The average Bonchev–Trinajstić information content (AvgIpc) is 2.31. The van der Waals surface area contributed by atoms with Gasteiger partial charge >= 0.3 is 0 Å². The van der Waals surface area contributed by atoms with Crippen molar-refractivity contribution in [3.8, 4) is 0 Å². The van der Waals surface area contributed by atoms with E-state index in [1.807, 2.05) is 0 Å². The molecule has 0 saturated carbocycles. The third kappa shape index (κ3) is 2.98. The van der Waals surface area contributed by atoms with E-state index in [1.54, 1.807) is 0 Å². The van der Waals surface area contributed by atoms with Gasteiger partial charge in [-0.3, -0.25) is 0 Å². The minimum Gasteiger partial charge on any atom is -0.339 e. The van der Waals surface area contributed by atoms with Crippen molar-refractivity contribution in [3.05, 3.63) is 50.3 Å². The van der Waals surface area contributed by atoms with Crippen molar-refractivity contribution in [2.75, 3.05) is 5.32 Å². The van der Waals surface area contributed by atoms with Gasteiger partial charge in [-0.05, 0) is 24.3 Å². The summed E-state index contributed by atoms with van der Waals surface area (Å²) < 4.78 is 13.0. The van der Waals surface area contributed by atoms with E-state index in [0.717, 1.165) is 0 Å². The molecular formula is C11H5Cl4FN2. The van der Waals surface area contributed by atoms with Crippen LogP contribution in [0.4, 0.5) is 15.9 Å². The second-order valence-electron chi connectivity index (χ2n) is 3.35. The fourth-order valence-corrected chi connectivity index (χ4v) is 1.97. The molecule has 18 heavy (non-hydrogen) atoms. The molecule has 1 N–H and O–H groups in total. The van der Waals surface area contributed by atoms with Gasteiger partial charge < -0.3 is 5.32 Å². The molecule has 0 spiro atoms. The number of nitrogens with zero attached hydrogens (tertiary/aromatic N) is 1. The molecule has 1 aromatic carbocycles. The normalized spacial score (nSPS) is 10.5. The highest BCUT2D eigenvalue weighted by molar-refractivity contribution is 6.43. The predicted molar refractivity (Wildman–Crippen MR) is 74.0 cm³/mol. The number of hydrogen-bond acceptors (Lipinski definition) is 2. The van der Waals surface area contributed by atoms with Crippen LogP contribution in [-0.4, -0.2) is 4.98 Å². The molecule has 0 radical (unpaired) electrons. The largest absolute Gasteiger partial charge is 0.339 e. The molecular weight excluding hydrogens is 321 g/mol. The molecule has 94 valence electrons. The van der Waals surface area contributed by atoms with Gasteiger partial charge in [0, 0.05) is 5.69 Å². The molecule has 1 aromatic heterocycles. The Kier molecular flexibility index (Phi) is 4.17. The first-order chi connectivity index (χ1) is 8.47. The van der Waals surface area contributed by atoms with Crippen molar-refractivity contribution in [2.24, 2.45) is 0 Å². The second kappa shape index (κ2) is 5.49. The molecule has 0 aliphatic rings. The van der Waals surface area contributed by atoms with Crippen LogP contribution in [0.25, 0.3) is 0 Å². The zero-order valence-corrected chi connectivity index (χ0v) is 11.7. The molecule has 0 unspecified atom stereocenters. The first kappa shape index (κ1) is 13.7. The quantitative estimate of drug-likeness (QED) is 0.729. The standard InChI is InChI=1S/C11H5Cl4FN2/c12-6-3-5(1-2-9(6)16)17-11-8(14)4-7(13)10(15)18-11/h1-4H,(H,17,18). The lowest BCUT2D eigenvalue weighted by Gasteiger charge is -2.09. The number of pyridine rings is 1. The summed E-state index contributed by atoms with van der Waals surface area (Å²) in [5.41, 5.74) is 0.536. The third-order valence-electron chi connectivity index (χ3n) is 2.07. The highest BCUT2D eigenvalue weighted by Crippen LogP contribution is 2.31. The summed E-state index contributed by atoms with van der Waals surface area (Å²) in [6.45, 7) is 0. The van der Waals surface area contributed by atoms with Crippen LogP contribution < -0.4 is 5.32 Å². The summed E-state index contributed by atoms with van der Waals surface area (Å²) >= 11 is 23.1. The first-order valence-electron chi connectivity index (χ1n) is 4.71. The molecule has 7 heteroatoms. The van der Waals surface area contributed by atoms with Gasteiger partial charge in [0.25, 0.3) is 0 Å². The van der Waals surface area contributed by atoms with E-state index < -0.39 is 5.82 Å². The summed E-state index contributed by atoms with van der Waals surface area (Å²) in [4.78, 5) is 3.97. The summed E-state index contributed by atoms with van der Waals surface area (Å²) in [5, 5.41) is 3.54. The number of benzene rings is 1. The van der Waals surface area contributed by atoms with Gasteiger partial charge in [-0.25, -0.2) is 9.37 Å². The Morgan fingerprint density at radius 2 is 1.67 bits per heavy atom. The smallest absolute Gasteiger partial charge is 0.151 e. The fraction of sp³-hybridized carbons (Fsp3) is 0. The van der Waals surface area contributed by atoms with Gasteiger partial charge in [0.15, 0.2) is 5.82 Å². The lowest BCUT2D eigenvalue weighted by molar-refractivity contribution is 0.628. The Hall–Kier alpha value is -0.740. The number of anilines is 2. The van der Waals surface area contributed by atoms with Crippen LogP contribution >= 0.6 is 46.4 Å². The molecule has 2 nitrogen and oxygen atoms in total. The van der Waals surface area contributed by atoms with E-state index in [0.29, 0.717) is 16.5 Å². The molecule has 0 aliphatic carbocycles. The molecule has 2 aromatic rings. The molecule has 0 saturated heterocycles. The zero-order valence-electron chi connectivity index (χ0n) is 8.65. The molecule has 1 heterocycles. The molecule has 0 fully saturated rings. The monoisotopic (exact) mass is 324 g/mol. The Labute approximate surface area is 123 Å². The van der Waals surface area contributed by atoms with Crippen molar-refractivity contribution in [1.82, 2.24) is 4.98 Å². The topological polar surface area (TPSA) is 24.9 Å². The fourth-order valence-electron chi connectivity index (χ4n) is 1.24. The minimum atomic E-state index is -0.504. The predicted octanol–water partition coefficient (Wildman–Crippen LogP) is 5.58. The SMILES string of the molecule is Fc1ccc(Nc2nc(Cl)c(Cl)cc2Cl)cc1Cl. The van der Waals surface area contributed by atoms with Gasteiger partial charge in [-0.1, -0.05) is 46.4 Å². The van der Waals surface area contributed by atoms with E-state index in [2.05, 4.69) is 10.3 Å². The second-order valence-corrected chi connectivity index (χ2v) is 4.92. The average molecular weight is 326 g/mol. The van der Waals surface area contributed by atoms with E-state index in [1.165, 1.54) is 24.3 Å². The molecule has 2 rings (SSSR count). The maximum atomic E-state index is 13.0. The van der Waals surface area contributed by atoms with Crippen molar-refractivity contribution < 1.29 is 4.39 Å². The van der Waals surface area contributed by atoms with Gasteiger partial charge in [0.1, 0.15) is 11.0 Å². The number of halogens is 5. The van der Waals surface area contributed by atoms with Crippen LogP contribution in [0.3, 0.4) is 0 Å². The first-order valence-corrected chi connectivity index (χ1v) is 6.22. The van der Waals surface area contributed by atoms with Crippen molar-refractivity contribution >= 4 is 57.9 Å². The Bertz CT molecular complexity index is 604. The summed E-state index contributed by atoms with van der Waals surface area (Å²) in [6, 6.07) is 5.61. The Balaban J connectivity index is 2.34. The van der Waals surface area contributed by atoms with E-state index in [-0.39, 0.29) is 15.2 Å². The van der Waals surface area contributed by atoms with Crippen LogP contribution in [0.2, 0.25) is 20.2 Å². The molecule has 0 amide bonds. The minimum absolute atomic E-state index is 0.00353. The van der Waals surface area contributed by atoms with Crippen LogP contribution in [0.1, 0.15) is 0 Å². The van der Waals surface area contributed by atoms with E-state index in [4.69, 9.17) is 46.4 Å². The lowest BCUT2D eigenvalue weighted by atomic mass is 10.3. The maximum Gasteiger partial charge on any atom is 0.151 e. The lowest BCUT2D eigenvalue weighted by Crippen LogP contribution is -1.95. The van der Waals surface area contributed by atoms with E-state index in [9.17, 15) is 4.39 Å². The number of aromatic nitrogens is 1. The molecule has 0 atom stereocenters. The van der Waals surface area contributed by atoms with Gasteiger partial charge in [0.2, 0.25) is 0 Å². The third-order valence-corrected chi connectivity index (χ3v) is 3.32. The van der Waals surface area contributed by atoms with Crippen molar-refractivity contribution in [2.45, 2.75) is 0 Å². The van der Waals surface area contributed by atoms with Gasteiger partial charge in [-0.15, -0.1) is 0 Å². The van der Waals surface area contributed by atoms with Crippen molar-refractivity contribution in [1.29, 1.82) is 0 Å². The highest BCUT2D eigenvalue weighted by Gasteiger charge is 2.09. The zero-order chi connectivity index (χ0) is 13.3. The summed E-state index contributed by atoms with van der Waals surface area (Å²) in [6.07, 6.45) is 0. The van der Waals surface area contributed by atoms with Crippen LogP contribution in [0.5, 0.6) is 0 Å². The Morgan fingerprint density at radius 3 is 2.33 bits per heavy atom. The number of rotatable bonds is 2. The van der Waals surface area contributed by atoms with Gasteiger partial charge in [0.05, 0.1) is 15.1 Å². The van der Waals surface area contributed by atoms with E-state index >= 15 is 0 Å². The van der Waals surface area contributed by atoms with Crippen LogP contribution in [-0.2, 0) is 0 Å². The molecule has 0 aliphatic heterocycles. The number of nitrogens with one attached hydrogen (secondary N) is 1. The number of hydrogen-bond donors (Lipinski definition) is 1. The summed E-state index contributed by atoms with van der Waals surface area (Å²) in [7, 11) is 0. The van der Waals surface area contributed by atoms with Crippen molar-refractivity contribution in [3.63, 3.8) is 0 Å². The Morgan fingerprint density at radius 1 is 0.944 bits per heavy atom. The van der Waals surface area contributed by atoms with Crippen LogP contribution in [0.15, 0.2) is 24.3 Å². The summed E-state index contributed by atoms with van der Waals surface area (Å²) in [5.74, 6) is -0.191. The van der Waals surface area contributed by atoms with Gasteiger partial charge in [-0.2, -0.15) is 0 Å². The molecule has 0 bridgehead atoms. The highest BCUT2D eigenvalue weighted by atomic mass is 35.5. The van der Waals surface area contributed by atoms with Crippen LogP contribution in [0, 0.1) is 5.82 Å².